The summed E-state index contributed by atoms with van der Waals surface area (Å²) in [5.74, 6) is -21.7. The van der Waals surface area contributed by atoms with Gasteiger partial charge in [-0.1, -0.05) is 27.7 Å². The van der Waals surface area contributed by atoms with Gasteiger partial charge in [-0.3, -0.25) is 4.79 Å². The molecule has 0 radical (unpaired) electrons. The van der Waals surface area contributed by atoms with Crippen molar-refractivity contribution in [2.24, 2.45) is 5.92 Å². The Morgan fingerprint density at radius 2 is 1.40 bits per heavy atom. The Hall–Kier alpha value is -1.31. The average molecular weight is 466 g/mol. The van der Waals surface area contributed by atoms with E-state index in [1.54, 1.807) is 0 Å². The normalized spacial score (nSPS) is 35.0. The number of carbonyl (C=O) groups excluding carboxylic acids is 1. The fourth-order valence-corrected chi connectivity index (χ4v) is 3.14. The average Bonchev–Trinajstić information content (AvgIpc) is 2.59. The third kappa shape index (κ3) is 3.07. The predicted octanol–water partition coefficient (Wildman–Crippen LogP) is 4.99. The molecule has 0 aromatic carbocycles. The minimum absolute atomic E-state index is 0.287. The summed E-state index contributed by atoms with van der Waals surface area (Å²) < 4.78 is 149. The van der Waals surface area contributed by atoms with Gasteiger partial charge in [0, 0.05) is 0 Å². The molecule has 1 heterocycles. The Morgan fingerprint density at radius 1 is 0.933 bits per heavy atom. The maximum Gasteiger partial charge on any atom is 0.462 e. The summed E-state index contributed by atoms with van der Waals surface area (Å²) >= 11 is 0. The van der Waals surface area contributed by atoms with Crippen molar-refractivity contribution in [1.29, 1.82) is 0 Å². The Balaban J connectivity index is 4.08. The Morgan fingerprint density at radius 3 is 1.70 bits per heavy atom. The Kier molecular flexibility index (Phi) is 6.58. The van der Waals surface area contributed by atoms with Gasteiger partial charge in [-0.15, -0.1) is 0 Å². The van der Waals surface area contributed by atoms with Gasteiger partial charge in [0.05, 0.1) is 5.92 Å². The van der Waals surface area contributed by atoms with Crippen molar-refractivity contribution in [2.75, 3.05) is 0 Å². The van der Waals surface area contributed by atoms with Crippen LogP contribution in [0.2, 0.25) is 0 Å². The van der Waals surface area contributed by atoms with E-state index in [2.05, 4.69) is 9.47 Å². The molecule has 0 aromatic rings. The number of carbonyl (C=O) groups is 1. The number of esters is 1. The van der Waals surface area contributed by atoms with Crippen molar-refractivity contribution >= 4 is 5.97 Å². The molecule has 0 saturated carbocycles. The van der Waals surface area contributed by atoms with Crippen molar-refractivity contribution in [3.63, 3.8) is 0 Å². The zero-order valence-electron chi connectivity index (χ0n) is 16.2. The number of aliphatic hydroxyl groups is 1. The highest BCUT2D eigenvalue weighted by molar-refractivity contribution is 5.72. The Bertz CT molecular complexity index is 661. The van der Waals surface area contributed by atoms with Crippen molar-refractivity contribution in [3.05, 3.63) is 0 Å². The molecule has 0 aromatic heterocycles. The molecular weight excluding hydrogens is 446 g/mol. The number of halogens is 10. The zero-order valence-corrected chi connectivity index (χ0v) is 16.2. The summed E-state index contributed by atoms with van der Waals surface area (Å²) in [7, 11) is 0. The molecule has 1 fully saturated rings. The van der Waals surface area contributed by atoms with E-state index in [0.29, 0.717) is 13.8 Å². The maximum absolute atomic E-state index is 14.9. The SMILES string of the molecule is CCC(C)C(=O)OC1(C(F)(F)F)OC(CC)(C(F)(F)F)C(F)(F)C(O)(CC)C1(F)F. The van der Waals surface area contributed by atoms with Crippen LogP contribution in [0.5, 0.6) is 0 Å². The van der Waals surface area contributed by atoms with Crippen molar-refractivity contribution in [3.8, 4) is 0 Å². The fraction of sp³-hybridized carbons (Fsp3) is 0.938. The van der Waals surface area contributed by atoms with Gasteiger partial charge in [0.2, 0.25) is 11.2 Å². The molecule has 1 rings (SSSR count). The second kappa shape index (κ2) is 7.38. The van der Waals surface area contributed by atoms with Crippen LogP contribution < -0.4 is 0 Å². The van der Waals surface area contributed by atoms with E-state index in [9.17, 15) is 53.8 Å². The number of hydrogen-bond acceptors (Lipinski definition) is 4. The second-order valence-corrected chi connectivity index (χ2v) is 6.99. The van der Waals surface area contributed by atoms with E-state index in [0.717, 1.165) is 6.92 Å². The van der Waals surface area contributed by atoms with Gasteiger partial charge in [0.1, 0.15) is 0 Å². The highest BCUT2D eigenvalue weighted by Gasteiger charge is 2.96. The van der Waals surface area contributed by atoms with E-state index in [1.807, 2.05) is 0 Å². The molecular formula is C16H20F10O4. The van der Waals surface area contributed by atoms with Crippen LogP contribution in [-0.2, 0) is 14.3 Å². The van der Waals surface area contributed by atoms with Gasteiger partial charge in [-0.05, 0) is 19.3 Å². The van der Waals surface area contributed by atoms with Crippen LogP contribution in [0.4, 0.5) is 43.9 Å². The molecule has 0 spiro atoms. The summed E-state index contributed by atoms with van der Waals surface area (Å²) in [5, 5.41) is 10.0. The molecule has 0 amide bonds. The van der Waals surface area contributed by atoms with Crippen molar-refractivity contribution in [1.82, 2.24) is 0 Å². The molecule has 0 bridgehead atoms. The summed E-state index contributed by atoms with van der Waals surface area (Å²) in [6.45, 7) is 2.76. The lowest BCUT2D eigenvalue weighted by Crippen LogP contribution is -2.87. The number of alkyl halides is 10. The number of hydrogen-bond donors (Lipinski definition) is 1. The number of rotatable bonds is 5. The van der Waals surface area contributed by atoms with E-state index in [-0.39, 0.29) is 6.42 Å². The van der Waals surface area contributed by atoms with Crippen LogP contribution in [0.1, 0.15) is 47.0 Å². The standard InChI is InChI=1S/C16H20F10O4/c1-5-8(4)9(27)29-14(16(24,25)26)13(19,20)10(28,6-2)12(17,18)11(7-3,30-14)15(21,22)23/h8,28H,5-7H2,1-4H3. The minimum Gasteiger partial charge on any atom is -0.418 e. The van der Waals surface area contributed by atoms with Crippen LogP contribution in [-0.4, -0.2) is 52.3 Å². The number of ether oxygens (including phenoxy) is 2. The topological polar surface area (TPSA) is 55.8 Å². The fourth-order valence-electron chi connectivity index (χ4n) is 3.14. The first kappa shape index (κ1) is 26.7. The van der Waals surface area contributed by atoms with Crippen LogP contribution in [0, 0.1) is 5.92 Å². The van der Waals surface area contributed by atoms with Gasteiger partial charge in [-0.2, -0.15) is 43.9 Å². The summed E-state index contributed by atoms with van der Waals surface area (Å²) in [5.41, 5.74) is -10.5. The quantitative estimate of drug-likeness (QED) is 0.459. The molecule has 4 nitrogen and oxygen atoms in total. The van der Waals surface area contributed by atoms with Crippen molar-refractivity contribution in [2.45, 2.75) is 88.1 Å². The van der Waals surface area contributed by atoms with Gasteiger partial charge in [0.15, 0.2) is 0 Å². The maximum atomic E-state index is 14.9. The second-order valence-electron chi connectivity index (χ2n) is 6.99. The molecule has 1 aliphatic heterocycles. The van der Waals surface area contributed by atoms with Gasteiger partial charge in [0.25, 0.3) is 0 Å². The highest BCUT2D eigenvalue weighted by atomic mass is 19.4. The lowest BCUT2D eigenvalue weighted by molar-refractivity contribution is -0.557. The molecule has 30 heavy (non-hydrogen) atoms. The molecule has 14 heteroatoms. The van der Waals surface area contributed by atoms with Crippen LogP contribution >= 0.6 is 0 Å². The first-order chi connectivity index (χ1) is 13.2. The summed E-state index contributed by atoms with van der Waals surface area (Å²) in [6, 6.07) is 0. The van der Waals surface area contributed by atoms with Gasteiger partial charge in [-0.25, -0.2) is 0 Å². The minimum atomic E-state index is -6.65. The first-order valence-electron chi connectivity index (χ1n) is 8.74. The lowest BCUT2D eigenvalue weighted by atomic mass is 9.69. The molecule has 4 unspecified atom stereocenters. The van der Waals surface area contributed by atoms with Gasteiger partial charge >= 0.3 is 36.0 Å². The van der Waals surface area contributed by atoms with Gasteiger partial charge < -0.3 is 14.6 Å². The lowest BCUT2D eigenvalue weighted by Gasteiger charge is -2.60. The molecule has 0 aliphatic carbocycles. The van der Waals surface area contributed by atoms with Crippen LogP contribution in [0.15, 0.2) is 0 Å². The van der Waals surface area contributed by atoms with Crippen molar-refractivity contribution < 1.29 is 63.3 Å². The highest BCUT2D eigenvalue weighted by Crippen LogP contribution is 2.67. The third-order valence-electron chi connectivity index (χ3n) is 5.38. The molecule has 4 atom stereocenters. The largest absolute Gasteiger partial charge is 0.462 e. The van der Waals surface area contributed by atoms with E-state index in [4.69, 9.17) is 0 Å². The van der Waals surface area contributed by atoms with E-state index >= 15 is 0 Å². The summed E-state index contributed by atoms with van der Waals surface area (Å²) in [6.07, 6.45) is -17.3. The Labute approximate surface area is 164 Å². The van der Waals surface area contributed by atoms with Crippen LogP contribution in [0.25, 0.3) is 0 Å². The molecule has 1 aliphatic rings. The smallest absolute Gasteiger partial charge is 0.418 e. The van der Waals surface area contributed by atoms with E-state index < -0.39 is 65.9 Å². The zero-order chi connectivity index (χ0) is 24.2. The molecule has 1 saturated heterocycles. The summed E-state index contributed by atoms with van der Waals surface area (Å²) in [4.78, 5) is 11.9. The monoisotopic (exact) mass is 466 g/mol. The first-order valence-corrected chi connectivity index (χ1v) is 8.74. The molecule has 1 N–H and O–H groups in total. The van der Waals surface area contributed by atoms with Crippen LogP contribution in [0.3, 0.4) is 0 Å². The third-order valence-corrected chi connectivity index (χ3v) is 5.38. The van der Waals surface area contributed by atoms with E-state index in [1.165, 1.54) is 6.92 Å². The molecule has 178 valence electrons. The predicted molar refractivity (Wildman–Crippen MR) is 79.6 cm³/mol.